The van der Waals surface area contributed by atoms with Crippen LogP contribution in [0.4, 0.5) is 11.4 Å². The molecule has 0 spiro atoms. The second kappa shape index (κ2) is 9.45. The summed E-state index contributed by atoms with van der Waals surface area (Å²) in [7, 11) is 0. The molecule has 0 saturated carbocycles. The molecule has 5 heteroatoms. The zero-order valence-electron chi connectivity index (χ0n) is 14.1. The molecule has 0 unspecified atom stereocenters. The molecular weight excluding hydrogens is 304 g/mol. The Morgan fingerprint density at radius 1 is 0.875 bits per heavy atom. The standard InChI is InChI=1S/C19H22N2O3/c1-3-5-14-23-17-10-6-15(7-11-17)20-21-16-8-12-18(13-9-16)24-19(22)4-2/h6-13H,3-5,14H2,1-2H3. The number of carbonyl (C=O) groups is 1. The zero-order valence-corrected chi connectivity index (χ0v) is 14.1. The lowest BCUT2D eigenvalue weighted by atomic mass is 10.3. The summed E-state index contributed by atoms with van der Waals surface area (Å²) in [5, 5.41) is 8.35. The lowest BCUT2D eigenvalue weighted by molar-refractivity contribution is -0.134. The summed E-state index contributed by atoms with van der Waals surface area (Å²) in [6, 6.07) is 14.4. The summed E-state index contributed by atoms with van der Waals surface area (Å²) in [5.41, 5.74) is 1.44. The number of azo groups is 1. The van der Waals surface area contributed by atoms with Crippen LogP contribution in [0.5, 0.6) is 11.5 Å². The van der Waals surface area contributed by atoms with Crippen molar-refractivity contribution in [1.29, 1.82) is 0 Å². The Kier molecular flexibility index (Phi) is 6.95. The van der Waals surface area contributed by atoms with Crippen molar-refractivity contribution in [1.82, 2.24) is 0 Å². The van der Waals surface area contributed by atoms with Gasteiger partial charge >= 0.3 is 5.97 Å². The smallest absolute Gasteiger partial charge is 0.310 e. The molecule has 24 heavy (non-hydrogen) atoms. The number of ether oxygens (including phenoxy) is 2. The molecule has 0 aliphatic heterocycles. The van der Waals surface area contributed by atoms with E-state index in [2.05, 4.69) is 17.2 Å². The topological polar surface area (TPSA) is 60.3 Å². The van der Waals surface area contributed by atoms with Gasteiger partial charge in [-0.25, -0.2) is 0 Å². The van der Waals surface area contributed by atoms with Crippen LogP contribution in [-0.4, -0.2) is 12.6 Å². The maximum absolute atomic E-state index is 11.2. The number of esters is 1. The molecule has 2 aromatic rings. The minimum atomic E-state index is -0.259. The minimum Gasteiger partial charge on any atom is -0.494 e. The molecule has 126 valence electrons. The summed E-state index contributed by atoms with van der Waals surface area (Å²) < 4.78 is 10.7. The number of benzene rings is 2. The first-order valence-corrected chi connectivity index (χ1v) is 8.16. The van der Waals surface area contributed by atoms with E-state index in [1.165, 1.54) is 0 Å². The van der Waals surface area contributed by atoms with Crippen LogP contribution in [0.1, 0.15) is 33.1 Å². The Bertz CT molecular complexity index is 664. The highest BCUT2D eigenvalue weighted by Crippen LogP contribution is 2.23. The summed E-state index contributed by atoms with van der Waals surface area (Å²) >= 11 is 0. The van der Waals surface area contributed by atoms with Crippen LogP contribution in [0.2, 0.25) is 0 Å². The Hall–Kier alpha value is -2.69. The summed E-state index contributed by atoms with van der Waals surface area (Å²) in [6.07, 6.45) is 2.51. The highest BCUT2D eigenvalue weighted by molar-refractivity contribution is 5.72. The van der Waals surface area contributed by atoms with Gasteiger partial charge < -0.3 is 9.47 Å². The number of rotatable bonds is 8. The molecule has 0 radical (unpaired) electrons. The highest BCUT2D eigenvalue weighted by atomic mass is 16.5. The van der Waals surface area contributed by atoms with Crippen LogP contribution in [-0.2, 0) is 4.79 Å². The number of carbonyl (C=O) groups excluding carboxylic acids is 1. The first-order chi connectivity index (χ1) is 11.7. The van der Waals surface area contributed by atoms with Crippen molar-refractivity contribution in [3.8, 4) is 11.5 Å². The molecule has 0 fully saturated rings. The number of unbranched alkanes of at least 4 members (excludes halogenated alkanes) is 1. The monoisotopic (exact) mass is 326 g/mol. The van der Waals surface area contributed by atoms with E-state index in [1.807, 2.05) is 24.3 Å². The van der Waals surface area contributed by atoms with Crippen LogP contribution in [0.25, 0.3) is 0 Å². The van der Waals surface area contributed by atoms with E-state index >= 15 is 0 Å². The van der Waals surface area contributed by atoms with Gasteiger partial charge in [0.2, 0.25) is 0 Å². The zero-order chi connectivity index (χ0) is 17.2. The Morgan fingerprint density at radius 3 is 1.92 bits per heavy atom. The first-order valence-electron chi connectivity index (χ1n) is 8.16. The first kappa shape index (κ1) is 17.7. The molecule has 5 nitrogen and oxygen atoms in total. The largest absolute Gasteiger partial charge is 0.494 e. The lowest BCUT2D eigenvalue weighted by Gasteiger charge is -2.04. The molecule has 0 aliphatic carbocycles. The van der Waals surface area contributed by atoms with Crippen molar-refractivity contribution in [2.75, 3.05) is 6.61 Å². The van der Waals surface area contributed by atoms with Crippen molar-refractivity contribution in [3.05, 3.63) is 48.5 Å². The average molecular weight is 326 g/mol. The fourth-order valence-electron chi connectivity index (χ4n) is 1.84. The van der Waals surface area contributed by atoms with Crippen molar-refractivity contribution in [3.63, 3.8) is 0 Å². The van der Waals surface area contributed by atoms with Crippen molar-refractivity contribution >= 4 is 17.3 Å². The lowest BCUT2D eigenvalue weighted by Crippen LogP contribution is -2.04. The van der Waals surface area contributed by atoms with Crippen molar-refractivity contribution < 1.29 is 14.3 Å². The third kappa shape index (κ3) is 5.83. The molecule has 0 bridgehead atoms. The van der Waals surface area contributed by atoms with Gasteiger partial charge in [-0.2, -0.15) is 10.2 Å². The predicted molar refractivity (Wildman–Crippen MR) is 93.4 cm³/mol. The van der Waals surface area contributed by atoms with Crippen LogP contribution < -0.4 is 9.47 Å². The molecule has 0 aromatic heterocycles. The maximum atomic E-state index is 11.2. The Morgan fingerprint density at radius 2 is 1.42 bits per heavy atom. The van der Waals surface area contributed by atoms with E-state index in [0.717, 1.165) is 30.9 Å². The van der Waals surface area contributed by atoms with Gasteiger partial charge in [-0.05, 0) is 55.0 Å². The number of nitrogens with zero attached hydrogens (tertiary/aromatic N) is 2. The van der Waals surface area contributed by atoms with E-state index in [-0.39, 0.29) is 5.97 Å². The maximum Gasteiger partial charge on any atom is 0.310 e. The van der Waals surface area contributed by atoms with Gasteiger partial charge in [-0.3, -0.25) is 4.79 Å². The third-order valence-electron chi connectivity index (χ3n) is 3.24. The molecule has 0 saturated heterocycles. The van der Waals surface area contributed by atoms with Crippen molar-refractivity contribution in [2.24, 2.45) is 10.2 Å². The van der Waals surface area contributed by atoms with Gasteiger partial charge in [-0.1, -0.05) is 20.3 Å². The molecule has 0 N–H and O–H groups in total. The Balaban J connectivity index is 1.91. The van der Waals surface area contributed by atoms with Crippen LogP contribution in [0.3, 0.4) is 0 Å². The number of hydrogen-bond donors (Lipinski definition) is 0. The van der Waals surface area contributed by atoms with Gasteiger partial charge in [0.1, 0.15) is 11.5 Å². The van der Waals surface area contributed by atoms with Crippen LogP contribution in [0, 0.1) is 0 Å². The SMILES string of the molecule is CCCCOc1ccc(N=Nc2ccc(OC(=O)CC)cc2)cc1. The van der Waals surface area contributed by atoms with Crippen molar-refractivity contribution in [2.45, 2.75) is 33.1 Å². The third-order valence-corrected chi connectivity index (χ3v) is 3.24. The van der Waals surface area contributed by atoms with Gasteiger partial charge in [-0.15, -0.1) is 0 Å². The van der Waals surface area contributed by atoms with E-state index in [9.17, 15) is 4.79 Å². The fourth-order valence-corrected chi connectivity index (χ4v) is 1.84. The quantitative estimate of drug-likeness (QED) is 0.275. The average Bonchev–Trinajstić information content (AvgIpc) is 2.62. The van der Waals surface area contributed by atoms with Gasteiger partial charge in [0, 0.05) is 6.42 Å². The summed E-state index contributed by atoms with van der Waals surface area (Å²) in [5.74, 6) is 1.09. The molecule has 2 rings (SSSR count). The number of hydrogen-bond acceptors (Lipinski definition) is 5. The minimum absolute atomic E-state index is 0.259. The van der Waals surface area contributed by atoms with E-state index in [1.54, 1.807) is 31.2 Å². The molecule has 0 aliphatic rings. The summed E-state index contributed by atoms with van der Waals surface area (Å²) in [4.78, 5) is 11.2. The predicted octanol–water partition coefficient (Wildman–Crippen LogP) is 5.60. The van der Waals surface area contributed by atoms with Crippen LogP contribution >= 0.6 is 0 Å². The fraction of sp³-hybridized carbons (Fsp3) is 0.316. The van der Waals surface area contributed by atoms with E-state index in [4.69, 9.17) is 9.47 Å². The Labute approximate surface area is 142 Å². The van der Waals surface area contributed by atoms with E-state index < -0.39 is 0 Å². The van der Waals surface area contributed by atoms with Crippen LogP contribution in [0.15, 0.2) is 58.8 Å². The molecule has 0 atom stereocenters. The second-order valence-corrected chi connectivity index (χ2v) is 5.22. The second-order valence-electron chi connectivity index (χ2n) is 5.22. The van der Waals surface area contributed by atoms with Gasteiger partial charge in [0.25, 0.3) is 0 Å². The highest BCUT2D eigenvalue weighted by Gasteiger charge is 2.01. The molecule has 2 aromatic carbocycles. The summed E-state index contributed by atoms with van der Waals surface area (Å²) in [6.45, 7) is 4.62. The normalized spacial score (nSPS) is 10.8. The molecule has 0 heterocycles. The van der Waals surface area contributed by atoms with Gasteiger partial charge in [0.05, 0.1) is 18.0 Å². The van der Waals surface area contributed by atoms with E-state index in [0.29, 0.717) is 17.9 Å². The van der Waals surface area contributed by atoms with Gasteiger partial charge in [0.15, 0.2) is 0 Å². The molecule has 0 amide bonds. The molecular formula is C19H22N2O3.